The Hall–Kier alpha value is -1.87. The second-order valence-electron chi connectivity index (χ2n) is 5.27. The molecule has 2 aromatic carbocycles. The van der Waals surface area contributed by atoms with E-state index in [0.29, 0.717) is 11.3 Å². The fourth-order valence-electron chi connectivity index (χ4n) is 3.01. The molecule has 0 aromatic heterocycles. The molecule has 104 valence electrons. The number of aliphatic hydroxyl groups is 1. The van der Waals surface area contributed by atoms with Gasteiger partial charge in [-0.2, -0.15) is 0 Å². The van der Waals surface area contributed by atoms with Crippen molar-refractivity contribution < 1.29 is 14.2 Å². The lowest BCUT2D eigenvalue weighted by atomic mass is 9.92. The number of benzene rings is 2. The third kappa shape index (κ3) is 2.29. The van der Waals surface area contributed by atoms with Gasteiger partial charge in [-0.3, -0.25) is 0 Å². The highest BCUT2D eigenvalue weighted by atomic mass is 19.1. The highest BCUT2D eigenvalue weighted by Gasteiger charge is 2.30. The van der Waals surface area contributed by atoms with E-state index in [1.807, 2.05) is 12.1 Å². The number of ether oxygens (including phenoxy) is 1. The molecule has 1 unspecified atom stereocenters. The molecule has 0 amide bonds. The standard InChI is InChI=1S/C17H17FO2/c1-20-16-7-6-14(18)10-15(16)17(19)13-8-11-4-2-3-5-12(11)9-13/h2-7,10,13,17,19H,8-9H2,1H3. The second-order valence-corrected chi connectivity index (χ2v) is 5.27. The maximum Gasteiger partial charge on any atom is 0.124 e. The van der Waals surface area contributed by atoms with Crippen LogP contribution in [-0.2, 0) is 12.8 Å². The van der Waals surface area contributed by atoms with E-state index in [-0.39, 0.29) is 11.7 Å². The molecular formula is C17H17FO2. The van der Waals surface area contributed by atoms with Gasteiger partial charge in [0.15, 0.2) is 0 Å². The van der Waals surface area contributed by atoms with Crippen LogP contribution in [0, 0.1) is 11.7 Å². The van der Waals surface area contributed by atoms with E-state index >= 15 is 0 Å². The highest BCUT2D eigenvalue weighted by Crippen LogP contribution is 2.38. The predicted octanol–water partition coefficient (Wildman–Crippen LogP) is 3.28. The number of fused-ring (bicyclic) bond motifs is 1. The van der Waals surface area contributed by atoms with Crippen LogP contribution in [0.4, 0.5) is 4.39 Å². The summed E-state index contributed by atoms with van der Waals surface area (Å²) in [5, 5.41) is 10.6. The van der Waals surface area contributed by atoms with Crippen molar-refractivity contribution >= 4 is 0 Å². The Kier molecular flexibility index (Phi) is 3.45. The largest absolute Gasteiger partial charge is 0.496 e. The molecule has 0 saturated heterocycles. The first-order valence-electron chi connectivity index (χ1n) is 6.77. The van der Waals surface area contributed by atoms with Gasteiger partial charge < -0.3 is 9.84 Å². The van der Waals surface area contributed by atoms with Gasteiger partial charge in [0.05, 0.1) is 13.2 Å². The van der Waals surface area contributed by atoms with E-state index in [2.05, 4.69) is 12.1 Å². The fourth-order valence-corrected chi connectivity index (χ4v) is 3.01. The first-order valence-corrected chi connectivity index (χ1v) is 6.77. The summed E-state index contributed by atoms with van der Waals surface area (Å²) in [6.07, 6.45) is 0.918. The first kappa shape index (κ1) is 13.1. The number of halogens is 1. The third-order valence-electron chi connectivity index (χ3n) is 4.04. The zero-order chi connectivity index (χ0) is 14.1. The van der Waals surface area contributed by atoms with Gasteiger partial charge >= 0.3 is 0 Å². The number of aliphatic hydroxyl groups excluding tert-OH is 1. The normalized spacial score (nSPS) is 15.9. The molecule has 1 N–H and O–H groups in total. The number of hydrogen-bond donors (Lipinski definition) is 1. The Bertz CT molecular complexity index is 599. The van der Waals surface area contributed by atoms with Gasteiger partial charge in [0.25, 0.3) is 0 Å². The monoisotopic (exact) mass is 272 g/mol. The zero-order valence-corrected chi connectivity index (χ0v) is 11.3. The van der Waals surface area contributed by atoms with Gasteiger partial charge in [-0.15, -0.1) is 0 Å². The Labute approximate surface area is 117 Å². The van der Waals surface area contributed by atoms with Crippen molar-refractivity contribution in [1.82, 2.24) is 0 Å². The van der Waals surface area contributed by atoms with Crippen molar-refractivity contribution in [2.45, 2.75) is 18.9 Å². The molecule has 1 aliphatic rings. The van der Waals surface area contributed by atoms with Gasteiger partial charge in [0.1, 0.15) is 11.6 Å². The number of methoxy groups -OCH3 is 1. The summed E-state index contributed by atoms with van der Waals surface area (Å²) in [5.74, 6) is 0.258. The van der Waals surface area contributed by atoms with Crippen molar-refractivity contribution in [2.75, 3.05) is 7.11 Å². The minimum atomic E-state index is -0.715. The summed E-state index contributed by atoms with van der Waals surface area (Å²) in [6.45, 7) is 0. The molecule has 0 bridgehead atoms. The van der Waals surface area contributed by atoms with Gasteiger partial charge in [-0.05, 0) is 48.1 Å². The molecule has 0 aliphatic heterocycles. The molecule has 0 saturated carbocycles. The number of rotatable bonds is 3. The Morgan fingerprint density at radius 3 is 2.40 bits per heavy atom. The van der Waals surface area contributed by atoms with Crippen LogP contribution in [0.25, 0.3) is 0 Å². The van der Waals surface area contributed by atoms with E-state index in [0.717, 1.165) is 12.8 Å². The SMILES string of the molecule is COc1ccc(F)cc1C(O)C1Cc2ccccc2C1. The quantitative estimate of drug-likeness (QED) is 0.929. The van der Waals surface area contributed by atoms with Crippen LogP contribution >= 0.6 is 0 Å². The third-order valence-corrected chi connectivity index (χ3v) is 4.04. The van der Waals surface area contributed by atoms with E-state index in [1.54, 1.807) is 6.07 Å². The minimum absolute atomic E-state index is 0.0723. The first-order chi connectivity index (χ1) is 9.69. The van der Waals surface area contributed by atoms with Crippen LogP contribution in [0.1, 0.15) is 22.8 Å². The van der Waals surface area contributed by atoms with Gasteiger partial charge in [-0.1, -0.05) is 24.3 Å². The van der Waals surface area contributed by atoms with Gasteiger partial charge in [0.2, 0.25) is 0 Å². The lowest BCUT2D eigenvalue weighted by Gasteiger charge is -2.20. The molecule has 0 fully saturated rings. The molecule has 3 rings (SSSR count). The molecular weight excluding hydrogens is 255 g/mol. The van der Waals surface area contributed by atoms with Crippen LogP contribution < -0.4 is 4.74 Å². The van der Waals surface area contributed by atoms with Crippen LogP contribution in [0.3, 0.4) is 0 Å². The molecule has 0 spiro atoms. The van der Waals surface area contributed by atoms with Crippen molar-refractivity contribution in [3.05, 3.63) is 65.0 Å². The summed E-state index contributed by atoms with van der Waals surface area (Å²) >= 11 is 0. The predicted molar refractivity (Wildman–Crippen MR) is 75.3 cm³/mol. The molecule has 1 aliphatic carbocycles. The fraction of sp³-hybridized carbons (Fsp3) is 0.294. The maximum absolute atomic E-state index is 13.4. The van der Waals surface area contributed by atoms with Crippen molar-refractivity contribution in [3.63, 3.8) is 0 Å². The molecule has 1 atom stereocenters. The lowest BCUT2D eigenvalue weighted by molar-refractivity contribution is 0.110. The molecule has 0 heterocycles. The van der Waals surface area contributed by atoms with Crippen molar-refractivity contribution in [2.24, 2.45) is 5.92 Å². The van der Waals surface area contributed by atoms with Gasteiger partial charge in [0, 0.05) is 5.56 Å². The van der Waals surface area contributed by atoms with Crippen LogP contribution in [0.15, 0.2) is 42.5 Å². The average molecular weight is 272 g/mol. The Morgan fingerprint density at radius 2 is 1.80 bits per heavy atom. The summed E-state index contributed by atoms with van der Waals surface area (Å²) in [5.41, 5.74) is 3.07. The van der Waals surface area contributed by atoms with Gasteiger partial charge in [-0.25, -0.2) is 4.39 Å². The van der Waals surface area contributed by atoms with Crippen LogP contribution in [-0.4, -0.2) is 12.2 Å². The summed E-state index contributed by atoms with van der Waals surface area (Å²) in [6, 6.07) is 12.5. The zero-order valence-electron chi connectivity index (χ0n) is 11.3. The smallest absolute Gasteiger partial charge is 0.124 e. The highest BCUT2D eigenvalue weighted by molar-refractivity contribution is 5.38. The molecule has 20 heavy (non-hydrogen) atoms. The summed E-state index contributed by atoms with van der Waals surface area (Å²) in [4.78, 5) is 0. The lowest BCUT2D eigenvalue weighted by Crippen LogP contribution is -2.14. The van der Waals surface area contributed by atoms with E-state index in [4.69, 9.17) is 4.74 Å². The summed E-state index contributed by atoms with van der Waals surface area (Å²) < 4.78 is 18.7. The molecule has 0 radical (unpaired) electrons. The molecule has 2 nitrogen and oxygen atoms in total. The van der Waals surface area contributed by atoms with Crippen molar-refractivity contribution in [3.8, 4) is 5.75 Å². The molecule has 3 heteroatoms. The Morgan fingerprint density at radius 1 is 1.15 bits per heavy atom. The van der Waals surface area contributed by atoms with E-state index in [1.165, 1.54) is 30.4 Å². The minimum Gasteiger partial charge on any atom is -0.496 e. The van der Waals surface area contributed by atoms with E-state index in [9.17, 15) is 9.50 Å². The number of hydrogen-bond acceptors (Lipinski definition) is 2. The maximum atomic E-state index is 13.4. The second kappa shape index (κ2) is 5.25. The van der Waals surface area contributed by atoms with Crippen molar-refractivity contribution in [1.29, 1.82) is 0 Å². The van der Waals surface area contributed by atoms with Crippen LogP contribution in [0.2, 0.25) is 0 Å². The molecule has 2 aromatic rings. The van der Waals surface area contributed by atoms with E-state index < -0.39 is 6.10 Å². The average Bonchev–Trinajstić information content (AvgIpc) is 2.90. The summed E-state index contributed by atoms with van der Waals surface area (Å²) in [7, 11) is 1.53. The van der Waals surface area contributed by atoms with Crippen LogP contribution in [0.5, 0.6) is 5.75 Å². The Balaban J connectivity index is 1.88. The topological polar surface area (TPSA) is 29.5 Å².